The van der Waals surface area contributed by atoms with Crippen LogP contribution in [-0.4, -0.2) is 87.0 Å². The molecule has 35 heavy (non-hydrogen) atoms. The quantitative estimate of drug-likeness (QED) is 0.368. The Morgan fingerprint density at radius 1 is 0.943 bits per heavy atom. The lowest BCUT2D eigenvalue weighted by atomic mass is 9.71. The molecule has 10 heteroatoms. The summed E-state index contributed by atoms with van der Waals surface area (Å²) in [6, 6.07) is 9.25. The number of carbonyl (C=O) groups excluding carboxylic acids is 2. The zero-order valence-corrected chi connectivity index (χ0v) is 20.0. The molecular formula is C25H36N4O6. The van der Waals surface area contributed by atoms with Gasteiger partial charge in [0.1, 0.15) is 0 Å². The van der Waals surface area contributed by atoms with Gasteiger partial charge in [-0.3, -0.25) is 14.8 Å². The van der Waals surface area contributed by atoms with Crippen LogP contribution < -0.4 is 10.4 Å². The van der Waals surface area contributed by atoms with Gasteiger partial charge in [0.25, 0.3) is 5.91 Å². The van der Waals surface area contributed by atoms with Crippen molar-refractivity contribution in [2.45, 2.75) is 69.1 Å². The van der Waals surface area contributed by atoms with Crippen LogP contribution in [0.2, 0.25) is 0 Å². The van der Waals surface area contributed by atoms with Gasteiger partial charge in [-0.1, -0.05) is 37.5 Å². The van der Waals surface area contributed by atoms with E-state index in [2.05, 4.69) is 4.90 Å². The van der Waals surface area contributed by atoms with Crippen LogP contribution in [-0.2, 0) is 9.59 Å². The highest BCUT2D eigenvalue weighted by molar-refractivity contribution is 5.93. The molecule has 3 atom stereocenters. The summed E-state index contributed by atoms with van der Waals surface area (Å²) in [5.41, 5.74) is 0.672. The molecule has 192 valence electrons. The zero-order valence-electron chi connectivity index (χ0n) is 20.0. The molecule has 1 aromatic carbocycles. The van der Waals surface area contributed by atoms with Crippen LogP contribution in [0.5, 0.6) is 0 Å². The number of benzene rings is 1. The number of anilines is 1. The Hall–Kier alpha value is -2.85. The Balaban J connectivity index is 1.47. The number of hydroxylamine groups is 1. The lowest BCUT2D eigenvalue weighted by molar-refractivity contribution is -0.172. The highest BCUT2D eigenvalue weighted by Crippen LogP contribution is 2.40. The fourth-order valence-corrected chi connectivity index (χ4v) is 6.11. The number of aliphatic hydroxyl groups is 1. The molecule has 0 unspecified atom stereocenters. The Bertz CT molecular complexity index is 900. The summed E-state index contributed by atoms with van der Waals surface area (Å²) < 4.78 is 0. The summed E-state index contributed by atoms with van der Waals surface area (Å²) in [5, 5.41) is 30.9. The number of nitrogens with zero attached hydrogens (tertiary/aromatic N) is 3. The van der Waals surface area contributed by atoms with E-state index in [1.54, 1.807) is 10.4 Å². The maximum atomic E-state index is 13.5. The molecule has 1 saturated heterocycles. The minimum absolute atomic E-state index is 0.0125. The van der Waals surface area contributed by atoms with Gasteiger partial charge in [0.05, 0.1) is 5.92 Å². The second kappa shape index (κ2) is 10.8. The second-order valence-corrected chi connectivity index (χ2v) is 9.98. The SMILES string of the molecule is O=C(NO)[C@H]1C[C@H](N(C(=O)O)C2CCCCC2)CC[C@@]1(O)C(=O)N1CCN(c2ccccc2)CC1. The average Bonchev–Trinajstić information content (AvgIpc) is 2.90. The van der Waals surface area contributed by atoms with Crippen LogP contribution in [0.25, 0.3) is 0 Å². The van der Waals surface area contributed by atoms with Gasteiger partial charge in [0.2, 0.25) is 5.91 Å². The normalized spacial score (nSPS) is 27.8. The molecule has 1 aliphatic heterocycles. The molecule has 1 aromatic rings. The van der Waals surface area contributed by atoms with E-state index in [0.717, 1.165) is 37.8 Å². The Kier molecular flexibility index (Phi) is 7.81. The third-order valence-corrected chi connectivity index (χ3v) is 8.01. The van der Waals surface area contributed by atoms with E-state index in [1.807, 2.05) is 30.3 Å². The summed E-state index contributed by atoms with van der Waals surface area (Å²) in [5.74, 6) is -2.63. The third kappa shape index (κ3) is 5.23. The van der Waals surface area contributed by atoms with Crippen molar-refractivity contribution in [1.29, 1.82) is 0 Å². The summed E-state index contributed by atoms with van der Waals surface area (Å²) in [7, 11) is 0. The van der Waals surface area contributed by atoms with Gasteiger partial charge in [-0.2, -0.15) is 0 Å². The first-order valence-corrected chi connectivity index (χ1v) is 12.6. The maximum absolute atomic E-state index is 13.5. The molecule has 4 N–H and O–H groups in total. The van der Waals surface area contributed by atoms with Crippen molar-refractivity contribution < 1.29 is 29.8 Å². The largest absolute Gasteiger partial charge is 0.465 e. The number of para-hydroxylation sites is 1. The van der Waals surface area contributed by atoms with Gasteiger partial charge in [0.15, 0.2) is 5.60 Å². The number of hydrogen-bond acceptors (Lipinski definition) is 6. The highest BCUT2D eigenvalue weighted by Gasteiger charge is 2.54. The standard InChI is InChI=1S/C25H36N4O6/c30-22(26-35)21-17-20(29(24(32)33)19-9-5-2-6-10-19)11-12-25(21,34)23(31)28-15-13-27(14-16-28)18-7-3-1-4-8-18/h1,3-4,7-8,19-21,34-35H,2,5-6,9-17H2,(H,26,30)(H,32,33)/t20-,21-,25+/m1/s1. The van der Waals surface area contributed by atoms with Crippen LogP contribution >= 0.6 is 0 Å². The number of carbonyl (C=O) groups is 3. The van der Waals surface area contributed by atoms with Crippen molar-refractivity contribution in [3.63, 3.8) is 0 Å². The van der Waals surface area contributed by atoms with Gasteiger partial charge in [-0.25, -0.2) is 10.3 Å². The van der Waals surface area contributed by atoms with Crippen molar-refractivity contribution >= 4 is 23.6 Å². The van der Waals surface area contributed by atoms with Crippen molar-refractivity contribution in [2.75, 3.05) is 31.1 Å². The number of carboxylic acid groups (broad SMARTS) is 1. The van der Waals surface area contributed by atoms with Crippen molar-refractivity contribution in [2.24, 2.45) is 5.92 Å². The van der Waals surface area contributed by atoms with Gasteiger partial charge in [0, 0.05) is 44.0 Å². The highest BCUT2D eigenvalue weighted by atomic mass is 16.5. The fourth-order valence-electron chi connectivity index (χ4n) is 6.11. The van der Waals surface area contributed by atoms with E-state index in [4.69, 9.17) is 0 Å². The summed E-state index contributed by atoms with van der Waals surface area (Å²) in [6.07, 6.45) is 3.73. The predicted molar refractivity (Wildman–Crippen MR) is 128 cm³/mol. The predicted octanol–water partition coefficient (Wildman–Crippen LogP) is 2.05. The van der Waals surface area contributed by atoms with Gasteiger partial charge in [-0.15, -0.1) is 0 Å². The first-order chi connectivity index (χ1) is 16.8. The monoisotopic (exact) mass is 488 g/mol. The number of amides is 3. The van der Waals surface area contributed by atoms with Crippen molar-refractivity contribution in [3.8, 4) is 0 Å². The van der Waals surface area contributed by atoms with Crippen LogP contribution in [0, 0.1) is 5.92 Å². The third-order valence-electron chi connectivity index (χ3n) is 8.01. The molecule has 2 aliphatic carbocycles. The number of rotatable bonds is 5. The van der Waals surface area contributed by atoms with E-state index in [9.17, 15) is 29.8 Å². The summed E-state index contributed by atoms with van der Waals surface area (Å²) >= 11 is 0. The second-order valence-electron chi connectivity index (χ2n) is 9.98. The zero-order chi connectivity index (χ0) is 25.0. The molecule has 0 bridgehead atoms. The van der Waals surface area contributed by atoms with E-state index >= 15 is 0 Å². The van der Waals surface area contributed by atoms with Crippen LogP contribution in [0.1, 0.15) is 51.4 Å². The van der Waals surface area contributed by atoms with Crippen LogP contribution in [0.4, 0.5) is 10.5 Å². The minimum atomic E-state index is -1.99. The molecule has 4 rings (SSSR count). The lowest BCUT2D eigenvalue weighted by Crippen LogP contribution is -2.64. The Labute approximate surface area is 205 Å². The minimum Gasteiger partial charge on any atom is -0.465 e. The molecule has 10 nitrogen and oxygen atoms in total. The van der Waals surface area contributed by atoms with E-state index in [-0.39, 0.29) is 25.3 Å². The molecule has 1 heterocycles. The number of nitrogens with one attached hydrogen (secondary N) is 1. The molecule has 3 aliphatic rings. The van der Waals surface area contributed by atoms with Crippen LogP contribution in [0.15, 0.2) is 30.3 Å². The molecular weight excluding hydrogens is 452 g/mol. The summed E-state index contributed by atoms with van der Waals surface area (Å²) in [4.78, 5) is 43.5. The van der Waals surface area contributed by atoms with Gasteiger partial charge >= 0.3 is 6.09 Å². The Morgan fingerprint density at radius 3 is 2.20 bits per heavy atom. The van der Waals surface area contributed by atoms with E-state index in [1.165, 1.54) is 4.90 Å². The van der Waals surface area contributed by atoms with Crippen molar-refractivity contribution in [1.82, 2.24) is 15.3 Å². The van der Waals surface area contributed by atoms with Gasteiger partial charge < -0.3 is 24.9 Å². The average molecular weight is 489 g/mol. The molecule has 3 amide bonds. The van der Waals surface area contributed by atoms with Gasteiger partial charge in [-0.05, 0) is 44.2 Å². The number of piperazine rings is 1. The Morgan fingerprint density at radius 2 is 1.60 bits per heavy atom. The molecule has 0 spiro atoms. The molecule has 0 radical (unpaired) electrons. The lowest BCUT2D eigenvalue weighted by Gasteiger charge is -2.48. The summed E-state index contributed by atoms with van der Waals surface area (Å²) in [6.45, 7) is 1.99. The molecule has 3 fully saturated rings. The topological polar surface area (TPSA) is 134 Å². The first kappa shape index (κ1) is 25.2. The maximum Gasteiger partial charge on any atom is 0.407 e. The molecule has 0 aromatic heterocycles. The van der Waals surface area contributed by atoms with Crippen molar-refractivity contribution in [3.05, 3.63) is 30.3 Å². The number of hydrogen-bond donors (Lipinski definition) is 4. The van der Waals surface area contributed by atoms with Crippen LogP contribution in [0.3, 0.4) is 0 Å². The van der Waals surface area contributed by atoms with E-state index in [0.29, 0.717) is 26.2 Å². The fraction of sp³-hybridized carbons (Fsp3) is 0.640. The smallest absolute Gasteiger partial charge is 0.407 e. The molecule has 2 saturated carbocycles. The first-order valence-electron chi connectivity index (χ1n) is 12.6. The van der Waals surface area contributed by atoms with E-state index < -0.39 is 35.5 Å².